The minimum absolute atomic E-state index is 0.299. The highest BCUT2D eigenvalue weighted by atomic mass is 35.5. The summed E-state index contributed by atoms with van der Waals surface area (Å²) in [6.07, 6.45) is 1.56. The molecule has 0 heterocycles. The first-order valence-corrected chi connectivity index (χ1v) is 9.45. The van der Waals surface area contributed by atoms with E-state index in [0.717, 1.165) is 16.9 Å². The van der Waals surface area contributed by atoms with E-state index in [4.69, 9.17) is 32.7 Å². The van der Waals surface area contributed by atoms with Gasteiger partial charge in [-0.1, -0.05) is 29.3 Å². The van der Waals surface area contributed by atoms with Crippen LogP contribution in [0.3, 0.4) is 0 Å². The SMILES string of the molecule is COc1ccc(/C=N/NC(=O)c2ccc(OCc3ccc(Cl)cc3Cl)cc2)cc1. The number of methoxy groups -OCH3 is 1. The number of ether oxygens (including phenoxy) is 2. The van der Waals surface area contributed by atoms with Crippen molar-refractivity contribution >= 4 is 35.3 Å². The Kier molecular flexibility index (Phi) is 7.11. The normalized spacial score (nSPS) is 10.7. The molecule has 1 amide bonds. The molecule has 0 saturated heterocycles. The zero-order valence-electron chi connectivity index (χ0n) is 15.6. The van der Waals surface area contributed by atoms with Crippen LogP contribution in [0.2, 0.25) is 10.0 Å². The van der Waals surface area contributed by atoms with Crippen LogP contribution in [0, 0.1) is 0 Å². The van der Waals surface area contributed by atoms with Gasteiger partial charge in [-0.25, -0.2) is 5.43 Å². The van der Waals surface area contributed by atoms with E-state index >= 15 is 0 Å². The number of hydrogen-bond donors (Lipinski definition) is 1. The number of hydrazone groups is 1. The van der Waals surface area contributed by atoms with Gasteiger partial charge < -0.3 is 9.47 Å². The molecular formula is C22H18Cl2N2O3. The third-order valence-corrected chi connectivity index (χ3v) is 4.61. The van der Waals surface area contributed by atoms with Crippen molar-refractivity contribution in [3.63, 3.8) is 0 Å². The lowest BCUT2D eigenvalue weighted by molar-refractivity contribution is 0.0955. The molecule has 0 aliphatic carbocycles. The third kappa shape index (κ3) is 5.98. The Labute approximate surface area is 178 Å². The molecule has 0 unspecified atom stereocenters. The predicted octanol–water partition coefficient (Wildman–Crippen LogP) is 5.34. The maximum absolute atomic E-state index is 12.2. The standard InChI is InChI=1S/C22H18Cl2N2O3/c1-28-19-8-2-15(3-9-19)13-25-26-22(27)16-5-10-20(11-6-16)29-14-17-4-7-18(23)12-21(17)24/h2-13H,14H2,1H3,(H,26,27)/b25-13+. The first kappa shape index (κ1) is 20.7. The number of amides is 1. The van der Waals surface area contributed by atoms with Gasteiger partial charge in [0.1, 0.15) is 18.1 Å². The van der Waals surface area contributed by atoms with E-state index in [2.05, 4.69) is 10.5 Å². The molecule has 5 nitrogen and oxygen atoms in total. The second-order valence-electron chi connectivity index (χ2n) is 6.02. The highest BCUT2D eigenvalue weighted by Gasteiger charge is 2.06. The van der Waals surface area contributed by atoms with Crippen molar-refractivity contribution in [3.8, 4) is 11.5 Å². The fraction of sp³-hybridized carbons (Fsp3) is 0.0909. The van der Waals surface area contributed by atoms with E-state index in [0.29, 0.717) is 28.0 Å². The van der Waals surface area contributed by atoms with Gasteiger partial charge in [-0.15, -0.1) is 0 Å². The van der Waals surface area contributed by atoms with Gasteiger partial charge in [0, 0.05) is 21.2 Å². The van der Waals surface area contributed by atoms with Crippen LogP contribution in [0.15, 0.2) is 71.8 Å². The summed E-state index contributed by atoms with van der Waals surface area (Å²) in [7, 11) is 1.60. The van der Waals surface area contributed by atoms with Gasteiger partial charge >= 0.3 is 0 Å². The van der Waals surface area contributed by atoms with Crippen molar-refractivity contribution in [2.24, 2.45) is 5.10 Å². The van der Waals surface area contributed by atoms with E-state index in [9.17, 15) is 4.79 Å². The molecule has 148 valence electrons. The number of carbonyl (C=O) groups excluding carboxylic acids is 1. The van der Waals surface area contributed by atoms with Crippen LogP contribution < -0.4 is 14.9 Å². The minimum atomic E-state index is -0.318. The van der Waals surface area contributed by atoms with Gasteiger partial charge in [-0.3, -0.25) is 4.79 Å². The smallest absolute Gasteiger partial charge is 0.271 e. The van der Waals surface area contributed by atoms with E-state index < -0.39 is 0 Å². The Morgan fingerprint density at radius 3 is 2.34 bits per heavy atom. The topological polar surface area (TPSA) is 59.9 Å². The van der Waals surface area contributed by atoms with Crippen molar-refractivity contribution < 1.29 is 14.3 Å². The largest absolute Gasteiger partial charge is 0.497 e. The molecule has 3 rings (SSSR count). The number of carbonyl (C=O) groups is 1. The molecule has 0 spiro atoms. The van der Waals surface area contributed by atoms with Crippen molar-refractivity contribution in [1.29, 1.82) is 0 Å². The molecule has 0 bridgehead atoms. The maximum atomic E-state index is 12.2. The predicted molar refractivity (Wildman–Crippen MR) is 115 cm³/mol. The third-order valence-electron chi connectivity index (χ3n) is 4.02. The summed E-state index contributed by atoms with van der Waals surface area (Å²) in [6, 6.07) is 19.3. The van der Waals surface area contributed by atoms with Crippen LogP contribution >= 0.6 is 23.2 Å². The number of hydrogen-bond acceptors (Lipinski definition) is 4. The van der Waals surface area contributed by atoms with E-state index in [1.807, 2.05) is 30.3 Å². The van der Waals surface area contributed by atoms with Gasteiger partial charge in [0.2, 0.25) is 0 Å². The molecule has 29 heavy (non-hydrogen) atoms. The number of nitrogens with one attached hydrogen (secondary N) is 1. The van der Waals surface area contributed by atoms with E-state index in [-0.39, 0.29) is 5.91 Å². The number of rotatable bonds is 7. The van der Waals surface area contributed by atoms with Crippen molar-refractivity contribution in [2.45, 2.75) is 6.61 Å². The summed E-state index contributed by atoms with van der Waals surface area (Å²) in [6.45, 7) is 0.299. The monoisotopic (exact) mass is 428 g/mol. The van der Waals surface area contributed by atoms with Crippen molar-refractivity contribution in [1.82, 2.24) is 5.43 Å². The lowest BCUT2D eigenvalue weighted by Crippen LogP contribution is -2.17. The van der Waals surface area contributed by atoms with Gasteiger partial charge in [0.25, 0.3) is 5.91 Å². The molecule has 0 aliphatic rings. The van der Waals surface area contributed by atoms with Gasteiger partial charge in [-0.2, -0.15) is 5.10 Å². The maximum Gasteiger partial charge on any atom is 0.271 e. The first-order chi connectivity index (χ1) is 14.0. The molecule has 0 aliphatic heterocycles. The van der Waals surface area contributed by atoms with E-state index in [1.165, 1.54) is 0 Å². The summed E-state index contributed by atoms with van der Waals surface area (Å²) in [5, 5.41) is 5.08. The number of benzene rings is 3. The minimum Gasteiger partial charge on any atom is -0.497 e. The molecule has 0 saturated carbocycles. The quantitative estimate of drug-likeness (QED) is 0.407. The van der Waals surface area contributed by atoms with Gasteiger partial charge in [-0.05, 0) is 66.2 Å². The van der Waals surface area contributed by atoms with E-state index in [1.54, 1.807) is 49.7 Å². The molecular weight excluding hydrogens is 411 g/mol. The highest BCUT2D eigenvalue weighted by Crippen LogP contribution is 2.23. The van der Waals surface area contributed by atoms with Crippen LogP contribution in [0.1, 0.15) is 21.5 Å². The lowest BCUT2D eigenvalue weighted by Gasteiger charge is -2.08. The number of nitrogens with zero attached hydrogens (tertiary/aromatic N) is 1. The molecule has 1 N–H and O–H groups in total. The second-order valence-corrected chi connectivity index (χ2v) is 6.86. The molecule has 3 aromatic rings. The molecule has 0 atom stereocenters. The molecule has 0 fully saturated rings. The molecule has 3 aromatic carbocycles. The number of halogens is 2. The molecule has 7 heteroatoms. The Morgan fingerprint density at radius 1 is 1.00 bits per heavy atom. The molecule has 0 radical (unpaired) electrons. The van der Waals surface area contributed by atoms with Crippen LogP contribution in [0.4, 0.5) is 0 Å². The summed E-state index contributed by atoms with van der Waals surface area (Å²) in [5.74, 6) is 1.06. The van der Waals surface area contributed by atoms with Crippen LogP contribution in [-0.2, 0) is 6.61 Å². The zero-order valence-corrected chi connectivity index (χ0v) is 17.1. The molecule has 0 aromatic heterocycles. The van der Waals surface area contributed by atoms with Crippen LogP contribution in [-0.4, -0.2) is 19.2 Å². The zero-order chi connectivity index (χ0) is 20.6. The average molecular weight is 429 g/mol. The highest BCUT2D eigenvalue weighted by molar-refractivity contribution is 6.35. The summed E-state index contributed by atoms with van der Waals surface area (Å²) in [4.78, 5) is 12.2. The fourth-order valence-electron chi connectivity index (χ4n) is 2.42. The van der Waals surface area contributed by atoms with Crippen LogP contribution in [0.5, 0.6) is 11.5 Å². The second kappa shape index (κ2) is 9.96. The Morgan fingerprint density at radius 2 is 1.69 bits per heavy atom. The van der Waals surface area contributed by atoms with Crippen molar-refractivity contribution in [2.75, 3.05) is 7.11 Å². The Bertz CT molecular complexity index is 1000. The average Bonchev–Trinajstić information content (AvgIpc) is 2.74. The summed E-state index contributed by atoms with van der Waals surface area (Å²) in [5.41, 5.74) is 4.63. The van der Waals surface area contributed by atoms with Gasteiger partial charge in [0.15, 0.2) is 0 Å². The van der Waals surface area contributed by atoms with Crippen LogP contribution in [0.25, 0.3) is 0 Å². The van der Waals surface area contributed by atoms with Gasteiger partial charge in [0.05, 0.1) is 13.3 Å². The Hall–Kier alpha value is -3.02. The fourth-order valence-corrected chi connectivity index (χ4v) is 2.89. The first-order valence-electron chi connectivity index (χ1n) is 8.69. The lowest BCUT2D eigenvalue weighted by atomic mass is 10.2. The Balaban J connectivity index is 1.53. The summed E-state index contributed by atoms with van der Waals surface area (Å²) < 4.78 is 10.8. The summed E-state index contributed by atoms with van der Waals surface area (Å²) >= 11 is 12.0. The van der Waals surface area contributed by atoms with Crippen molar-refractivity contribution in [3.05, 3.63) is 93.5 Å².